The zero-order valence-electron chi connectivity index (χ0n) is 18.7. The molecule has 1 fully saturated rings. The fraction of sp³-hybridized carbons (Fsp3) is 0.391. The van der Waals surface area contributed by atoms with Crippen LogP contribution < -0.4 is 15.2 Å². The number of aromatic nitrogens is 3. The van der Waals surface area contributed by atoms with Crippen LogP contribution in [0.5, 0.6) is 5.88 Å². The number of ketones is 1. The van der Waals surface area contributed by atoms with Gasteiger partial charge in [-0.1, -0.05) is 23.7 Å². The summed E-state index contributed by atoms with van der Waals surface area (Å²) in [5, 5.41) is 5.52. The molecular weight excluding hydrogens is 479 g/mol. The summed E-state index contributed by atoms with van der Waals surface area (Å²) in [5.74, 6) is 1.06. The highest BCUT2D eigenvalue weighted by Gasteiger charge is 2.23. The number of carbonyl (C=O) groups excluding carboxylic acids is 1. The Morgan fingerprint density at radius 2 is 2.03 bits per heavy atom. The highest BCUT2D eigenvalue weighted by Crippen LogP contribution is 2.32. The van der Waals surface area contributed by atoms with Crippen LogP contribution in [0.15, 0.2) is 41.3 Å². The monoisotopic (exact) mass is 504 g/mol. The molecule has 180 valence electrons. The minimum atomic E-state index is -1.84. The number of anilines is 1. The van der Waals surface area contributed by atoms with Crippen molar-refractivity contribution in [2.75, 3.05) is 31.3 Å². The minimum Gasteiger partial charge on any atom is -0.480 e. The van der Waals surface area contributed by atoms with Gasteiger partial charge in [-0.25, -0.2) is 4.68 Å². The first-order chi connectivity index (χ1) is 16.4. The molecule has 0 unspecified atom stereocenters. The van der Waals surface area contributed by atoms with Gasteiger partial charge in [0.15, 0.2) is 14.2 Å². The number of hydrogen-bond donors (Lipinski definition) is 2. The summed E-state index contributed by atoms with van der Waals surface area (Å²) < 4.78 is 6.56. The van der Waals surface area contributed by atoms with Gasteiger partial charge in [0.25, 0.3) is 5.56 Å². The molecule has 0 radical (unpaired) electrons. The van der Waals surface area contributed by atoms with Crippen LogP contribution in [0.3, 0.4) is 0 Å². The number of ether oxygens (including phenoxy) is 1. The van der Waals surface area contributed by atoms with Gasteiger partial charge >= 0.3 is 0 Å². The average molecular weight is 505 g/mol. The summed E-state index contributed by atoms with van der Waals surface area (Å²) in [7, 11) is -0.382. The van der Waals surface area contributed by atoms with E-state index in [1.807, 2.05) is 6.07 Å². The molecule has 1 saturated heterocycles. The van der Waals surface area contributed by atoms with Crippen molar-refractivity contribution < 1.29 is 19.3 Å². The molecule has 0 atom stereocenters. The maximum absolute atomic E-state index is 13.1. The second-order valence-electron chi connectivity index (χ2n) is 8.31. The third kappa shape index (κ3) is 5.55. The normalized spacial score (nSPS) is 14.7. The molecule has 2 N–H and O–H groups in total. The van der Waals surface area contributed by atoms with Gasteiger partial charge in [0.1, 0.15) is 17.7 Å². The Bertz CT molecular complexity index is 1240. The van der Waals surface area contributed by atoms with E-state index in [2.05, 4.69) is 15.0 Å². The van der Waals surface area contributed by atoms with Crippen molar-refractivity contribution in [2.45, 2.75) is 25.8 Å². The SMILES string of the molecule is COc1nc(N2CCC(CCP(O)O)CC2)cc2cnn(CC(=O)c3cccc(Cl)c3)c(=O)c12. The van der Waals surface area contributed by atoms with E-state index in [1.165, 1.54) is 7.11 Å². The summed E-state index contributed by atoms with van der Waals surface area (Å²) in [4.78, 5) is 50.8. The van der Waals surface area contributed by atoms with E-state index in [1.54, 1.807) is 30.5 Å². The van der Waals surface area contributed by atoms with Gasteiger partial charge in [-0.2, -0.15) is 10.1 Å². The second kappa shape index (κ2) is 10.8. The third-order valence-electron chi connectivity index (χ3n) is 6.10. The van der Waals surface area contributed by atoms with Gasteiger partial charge in [-0.05, 0) is 43.4 Å². The molecule has 0 spiro atoms. The number of halogens is 1. The quantitative estimate of drug-likeness (QED) is 0.354. The van der Waals surface area contributed by atoms with E-state index in [0.717, 1.165) is 37.0 Å². The van der Waals surface area contributed by atoms with Crippen LogP contribution in [-0.4, -0.2) is 56.7 Å². The summed E-state index contributed by atoms with van der Waals surface area (Å²) in [6.45, 7) is 1.33. The molecule has 9 nitrogen and oxygen atoms in total. The Labute approximate surface area is 202 Å². The number of fused-ring (bicyclic) bond motifs is 1. The highest BCUT2D eigenvalue weighted by atomic mass is 35.5. The Kier molecular flexibility index (Phi) is 7.78. The average Bonchev–Trinajstić information content (AvgIpc) is 2.84. The van der Waals surface area contributed by atoms with Crippen LogP contribution in [0.2, 0.25) is 5.02 Å². The molecule has 34 heavy (non-hydrogen) atoms. The number of rotatable bonds is 8. The van der Waals surface area contributed by atoms with E-state index in [-0.39, 0.29) is 23.6 Å². The second-order valence-corrected chi connectivity index (χ2v) is 9.94. The van der Waals surface area contributed by atoms with Crippen molar-refractivity contribution in [3.05, 3.63) is 57.5 Å². The Balaban J connectivity index is 1.56. The smallest absolute Gasteiger partial charge is 0.280 e. The highest BCUT2D eigenvalue weighted by molar-refractivity contribution is 7.45. The molecular formula is C23H26ClN4O5P. The minimum absolute atomic E-state index is 0.192. The van der Waals surface area contributed by atoms with Gasteiger partial charge < -0.3 is 19.4 Å². The van der Waals surface area contributed by atoms with Gasteiger partial charge in [-0.3, -0.25) is 9.59 Å². The summed E-state index contributed by atoms with van der Waals surface area (Å²) in [5.41, 5.74) is -0.0493. The number of nitrogens with zero attached hydrogens (tertiary/aromatic N) is 4. The third-order valence-corrected chi connectivity index (χ3v) is 6.99. The van der Waals surface area contributed by atoms with Crippen molar-refractivity contribution in [2.24, 2.45) is 5.92 Å². The van der Waals surface area contributed by atoms with Crippen LogP contribution in [0.1, 0.15) is 29.6 Å². The number of piperidine rings is 1. The molecule has 0 amide bonds. The predicted octanol–water partition coefficient (Wildman–Crippen LogP) is 3.24. The zero-order valence-corrected chi connectivity index (χ0v) is 20.4. The fourth-order valence-corrected chi connectivity index (χ4v) is 5.00. The lowest BCUT2D eigenvalue weighted by Crippen LogP contribution is -2.34. The van der Waals surface area contributed by atoms with E-state index in [0.29, 0.717) is 33.9 Å². The molecule has 1 aliphatic heterocycles. The molecule has 0 aliphatic carbocycles. The first-order valence-corrected chi connectivity index (χ1v) is 12.8. The number of Topliss-reactive ketones (excluding diaryl/α,β-unsaturated/α-hetero) is 1. The van der Waals surface area contributed by atoms with E-state index < -0.39 is 13.9 Å². The van der Waals surface area contributed by atoms with Crippen molar-refractivity contribution in [1.82, 2.24) is 14.8 Å². The molecule has 2 aromatic heterocycles. The van der Waals surface area contributed by atoms with Crippen LogP contribution >= 0.6 is 20.0 Å². The molecule has 1 aromatic carbocycles. The molecule has 0 saturated carbocycles. The van der Waals surface area contributed by atoms with E-state index in [9.17, 15) is 9.59 Å². The Morgan fingerprint density at radius 1 is 1.26 bits per heavy atom. The summed E-state index contributed by atoms with van der Waals surface area (Å²) in [6.07, 6.45) is 4.65. The van der Waals surface area contributed by atoms with Crippen LogP contribution in [0, 0.1) is 5.92 Å². The van der Waals surface area contributed by atoms with Crippen molar-refractivity contribution in [3.8, 4) is 5.88 Å². The van der Waals surface area contributed by atoms with Crippen LogP contribution in [-0.2, 0) is 6.54 Å². The fourth-order valence-electron chi connectivity index (χ4n) is 4.22. The van der Waals surface area contributed by atoms with E-state index >= 15 is 0 Å². The lowest BCUT2D eigenvalue weighted by atomic mass is 9.94. The molecule has 3 aromatic rings. The predicted molar refractivity (Wildman–Crippen MR) is 132 cm³/mol. The number of pyridine rings is 1. The van der Waals surface area contributed by atoms with Gasteiger partial charge in [0.2, 0.25) is 5.88 Å². The number of carbonyl (C=O) groups is 1. The molecule has 1 aliphatic rings. The molecule has 11 heteroatoms. The van der Waals surface area contributed by atoms with Gasteiger partial charge in [0, 0.05) is 35.2 Å². The number of hydrogen-bond acceptors (Lipinski definition) is 8. The van der Waals surface area contributed by atoms with Gasteiger partial charge in [-0.15, -0.1) is 0 Å². The largest absolute Gasteiger partial charge is 0.480 e. The Hall–Kier alpha value is -2.58. The molecule has 4 rings (SSSR count). The summed E-state index contributed by atoms with van der Waals surface area (Å²) in [6, 6.07) is 8.37. The van der Waals surface area contributed by atoms with Crippen molar-refractivity contribution >= 4 is 42.3 Å². The number of benzene rings is 1. The molecule has 0 bridgehead atoms. The maximum atomic E-state index is 13.1. The summed E-state index contributed by atoms with van der Waals surface area (Å²) >= 11 is 5.97. The van der Waals surface area contributed by atoms with Crippen LogP contribution in [0.4, 0.5) is 5.82 Å². The topological polar surface area (TPSA) is 118 Å². The van der Waals surface area contributed by atoms with Gasteiger partial charge in [0.05, 0.1) is 13.3 Å². The van der Waals surface area contributed by atoms with E-state index in [4.69, 9.17) is 26.1 Å². The Morgan fingerprint density at radius 3 is 2.71 bits per heavy atom. The zero-order chi connectivity index (χ0) is 24.2. The van der Waals surface area contributed by atoms with Crippen molar-refractivity contribution in [1.29, 1.82) is 0 Å². The maximum Gasteiger partial charge on any atom is 0.280 e. The standard InChI is InChI=1S/C23H26ClN4O5P/c1-33-22-21-17(12-20(26-22)27-8-5-15(6-9-27)7-10-34(31)32)13-25-28(23(21)30)14-19(29)16-3-2-4-18(24)11-16/h2-4,11-13,15,31-32H,5-10,14H2,1H3. The van der Waals surface area contributed by atoms with Crippen LogP contribution in [0.25, 0.3) is 10.8 Å². The lowest BCUT2D eigenvalue weighted by Gasteiger charge is -2.33. The molecule has 3 heterocycles. The first-order valence-electron chi connectivity index (χ1n) is 11.0. The first kappa shape index (κ1) is 24.5. The van der Waals surface area contributed by atoms with Crippen molar-refractivity contribution in [3.63, 3.8) is 0 Å². The lowest BCUT2D eigenvalue weighted by molar-refractivity contribution is 0.0966. The number of methoxy groups -OCH3 is 1.